The van der Waals surface area contributed by atoms with E-state index in [9.17, 15) is 9.59 Å². The molecule has 1 aliphatic rings. The Labute approximate surface area is 163 Å². The van der Waals surface area contributed by atoms with Crippen LogP contribution in [0.15, 0.2) is 39.9 Å². The molecule has 8 heteroatoms. The SMILES string of the molecule is CCCn1c(N2CC[NH+](Cc3ccccc3)CC2)nc2c1c(=O)[nH]c(=O)n2C. The minimum Gasteiger partial charge on any atom is -0.331 e. The van der Waals surface area contributed by atoms with E-state index in [1.165, 1.54) is 10.1 Å². The molecule has 8 nitrogen and oxygen atoms in total. The number of H-pyrrole nitrogens is 1. The molecule has 4 rings (SSSR count). The number of nitrogens with zero attached hydrogens (tertiary/aromatic N) is 4. The maximum absolute atomic E-state index is 12.4. The van der Waals surface area contributed by atoms with Crippen LogP contribution in [-0.2, 0) is 20.1 Å². The zero-order chi connectivity index (χ0) is 19.7. The molecule has 28 heavy (non-hydrogen) atoms. The second-order valence-corrected chi connectivity index (χ2v) is 7.45. The Bertz CT molecular complexity index is 1070. The fourth-order valence-electron chi connectivity index (χ4n) is 3.98. The van der Waals surface area contributed by atoms with E-state index >= 15 is 0 Å². The van der Waals surface area contributed by atoms with Gasteiger partial charge in [-0.25, -0.2) is 4.79 Å². The highest BCUT2D eigenvalue weighted by atomic mass is 16.2. The molecule has 0 aliphatic carbocycles. The summed E-state index contributed by atoms with van der Waals surface area (Å²) in [6.45, 7) is 7.58. The second kappa shape index (κ2) is 7.63. The minimum absolute atomic E-state index is 0.362. The van der Waals surface area contributed by atoms with Gasteiger partial charge in [0, 0.05) is 19.2 Å². The van der Waals surface area contributed by atoms with E-state index < -0.39 is 5.69 Å². The molecule has 0 atom stereocenters. The molecule has 3 heterocycles. The van der Waals surface area contributed by atoms with E-state index in [1.54, 1.807) is 11.9 Å². The quantitative estimate of drug-likeness (QED) is 0.636. The number of benzene rings is 1. The van der Waals surface area contributed by atoms with Crippen molar-refractivity contribution in [3.05, 3.63) is 56.7 Å². The topological polar surface area (TPSA) is 80.4 Å². The van der Waals surface area contributed by atoms with Crippen LogP contribution in [0, 0.1) is 0 Å². The van der Waals surface area contributed by atoms with Crippen molar-refractivity contribution in [1.29, 1.82) is 0 Å². The number of hydrogen-bond acceptors (Lipinski definition) is 4. The van der Waals surface area contributed by atoms with Crippen molar-refractivity contribution in [2.45, 2.75) is 26.4 Å². The van der Waals surface area contributed by atoms with Crippen molar-refractivity contribution in [1.82, 2.24) is 19.1 Å². The fourth-order valence-corrected chi connectivity index (χ4v) is 3.98. The molecule has 2 N–H and O–H groups in total. The van der Waals surface area contributed by atoms with Gasteiger partial charge in [0.25, 0.3) is 5.56 Å². The Morgan fingerprint density at radius 1 is 1.14 bits per heavy atom. The van der Waals surface area contributed by atoms with E-state index in [1.807, 2.05) is 10.6 Å². The first kappa shape index (κ1) is 18.5. The van der Waals surface area contributed by atoms with Gasteiger partial charge in [-0.1, -0.05) is 37.3 Å². The van der Waals surface area contributed by atoms with E-state index in [2.05, 4.69) is 41.1 Å². The normalized spacial score (nSPS) is 15.4. The highest BCUT2D eigenvalue weighted by molar-refractivity contribution is 5.74. The zero-order valence-corrected chi connectivity index (χ0v) is 16.4. The zero-order valence-electron chi connectivity index (χ0n) is 16.4. The van der Waals surface area contributed by atoms with Gasteiger partial charge in [0.2, 0.25) is 5.95 Å². The second-order valence-electron chi connectivity index (χ2n) is 7.45. The lowest BCUT2D eigenvalue weighted by Crippen LogP contribution is -3.13. The standard InChI is InChI=1S/C20H26N6O2/c1-3-9-26-16-17(23(2)20(28)22-18(16)27)21-19(26)25-12-10-24(11-13-25)14-15-7-5-4-6-8-15/h4-8H,3,9-14H2,1-2H3,(H,22,27,28)/p+1. The number of aryl methyl sites for hydroxylation is 2. The van der Waals surface area contributed by atoms with Gasteiger partial charge in [-0.05, 0) is 6.42 Å². The monoisotopic (exact) mass is 383 g/mol. The molecule has 0 saturated carbocycles. The molecule has 1 aliphatic heterocycles. The highest BCUT2D eigenvalue weighted by Crippen LogP contribution is 2.20. The first-order valence-corrected chi connectivity index (χ1v) is 9.90. The number of piperazine rings is 1. The summed E-state index contributed by atoms with van der Waals surface area (Å²) in [4.78, 5) is 35.3. The molecule has 0 radical (unpaired) electrons. The van der Waals surface area contributed by atoms with E-state index in [0.29, 0.717) is 17.7 Å². The first-order valence-electron chi connectivity index (χ1n) is 9.90. The predicted octanol–water partition coefficient (Wildman–Crippen LogP) is -0.262. The maximum atomic E-state index is 12.4. The summed E-state index contributed by atoms with van der Waals surface area (Å²) in [5, 5.41) is 0. The lowest BCUT2D eigenvalue weighted by molar-refractivity contribution is -0.914. The van der Waals surface area contributed by atoms with Gasteiger partial charge in [-0.15, -0.1) is 0 Å². The summed E-state index contributed by atoms with van der Waals surface area (Å²) in [6, 6.07) is 10.6. The van der Waals surface area contributed by atoms with Gasteiger partial charge in [0.15, 0.2) is 11.2 Å². The van der Waals surface area contributed by atoms with Crippen LogP contribution < -0.4 is 21.0 Å². The first-order chi connectivity index (χ1) is 13.6. The van der Waals surface area contributed by atoms with Crippen molar-refractivity contribution >= 4 is 17.1 Å². The van der Waals surface area contributed by atoms with Crippen molar-refractivity contribution in [3.63, 3.8) is 0 Å². The van der Waals surface area contributed by atoms with E-state index in [4.69, 9.17) is 4.98 Å². The number of anilines is 1. The fraction of sp³-hybridized carbons (Fsp3) is 0.450. The Balaban J connectivity index is 1.60. The van der Waals surface area contributed by atoms with Crippen LogP contribution in [0.4, 0.5) is 5.95 Å². The summed E-state index contributed by atoms with van der Waals surface area (Å²) in [7, 11) is 1.65. The largest absolute Gasteiger partial charge is 0.331 e. The third-order valence-corrected chi connectivity index (χ3v) is 5.48. The molecule has 2 aromatic heterocycles. The molecular formula is C20H27N6O2+. The molecule has 1 saturated heterocycles. The number of imidazole rings is 1. The number of fused-ring (bicyclic) bond motifs is 1. The molecule has 0 spiro atoms. The van der Waals surface area contributed by atoms with Crippen molar-refractivity contribution in [2.24, 2.45) is 7.05 Å². The number of quaternary nitrogens is 1. The van der Waals surface area contributed by atoms with Crippen LogP contribution in [0.3, 0.4) is 0 Å². The predicted molar refractivity (Wildman–Crippen MR) is 109 cm³/mol. The van der Waals surface area contributed by atoms with Gasteiger partial charge in [-0.2, -0.15) is 4.98 Å². The lowest BCUT2D eigenvalue weighted by atomic mass is 10.2. The van der Waals surface area contributed by atoms with Crippen molar-refractivity contribution in [3.8, 4) is 0 Å². The van der Waals surface area contributed by atoms with Gasteiger partial charge >= 0.3 is 5.69 Å². The Kier molecular flexibility index (Phi) is 5.04. The van der Waals surface area contributed by atoms with Gasteiger partial charge < -0.3 is 14.4 Å². The van der Waals surface area contributed by atoms with Crippen LogP contribution in [0.1, 0.15) is 18.9 Å². The molecule has 1 aromatic carbocycles. The number of hydrogen-bond donors (Lipinski definition) is 2. The molecule has 148 valence electrons. The van der Waals surface area contributed by atoms with Crippen LogP contribution in [-0.4, -0.2) is 45.3 Å². The highest BCUT2D eigenvalue weighted by Gasteiger charge is 2.26. The van der Waals surface area contributed by atoms with Gasteiger partial charge in [0.1, 0.15) is 6.54 Å². The average Bonchev–Trinajstić information content (AvgIpc) is 3.08. The Morgan fingerprint density at radius 2 is 1.86 bits per heavy atom. The number of nitrogens with one attached hydrogen (secondary N) is 2. The average molecular weight is 383 g/mol. The van der Waals surface area contributed by atoms with Gasteiger partial charge in [0.05, 0.1) is 26.2 Å². The minimum atomic E-state index is -0.428. The number of aromatic nitrogens is 4. The summed E-state index contributed by atoms with van der Waals surface area (Å²) in [5.74, 6) is 0.794. The van der Waals surface area contributed by atoms with Crippen molar-refractivity contribution < 1.29 is 4.90 Å². The molecule has 0 bridgehead atoms. The van der Waals surface area contributed by atoms with Crippen LogP contribution >= 0.6 is 0 Å². The molecule has 0 unspecified atom stereocenters. The van der Waals surface area contributed by atoms with Crippen LogP contribution in [0.25, 0.3) is 11.2 Å². The van der Waals surface area contributed by atoms with E-state index in [0.717, 1.165) is 45.1 Å². The summed E-state index contributed by atoms with van der Waals surface area (Å²) in [6.07, 6.45) is 0.889. The van der Waals surface area contributed by atoms with Crippen LogP contribution in [0.5, 0.6) is 0 Å². The Morgan fingerprint density at radius 3 is 2.54 bits per heavy atom. The van der Waals surface area contributed by atoms with Gasteiger partial charge in [-0.3, -0.25) is 14.3 Å². The van der Waals surface area contributed by atoms with Crippen LogP contribution in [0.2, 0.25) is 0 Å². The summed E-state index contributed by atoms with van der Waals surface area (Å²) in [5.41, 5.74) is 1.50. The smallest absolute Gasteiger partial charge is 0.329 e. The number of rotatable bonds is 5. The third kappa shape index (κ3) is 3.35. The molecular weight excluding hydrogens is 356 g/mol. The summed E-state index contributed by atoms with van der Waals surface area (Å²) < 4.78 is 3.39. The van der Waals surface area contributed by atoms with E-state index in [-0.39, 0.29) is 5.56 Å². The molecule has 0 amide bonds. The third-order valence-electron chi connectivity index (χ3n) is 5.48. The lowest BCUT2D eigenvalue weighted by Gasteiger charge is -2.33. The Hall–Kier alpha value is -2.87. The molecule has 3 aromatic rings. The summed E-state index contributed by atoms with van der Waals surface area (Å²) >= 11 is 0. The molecule has 1 fully saturated rings. The maximum Gasteiger partial charge on any atom is 0.329 e. The van der Waals surface area contributed by atoms with Crippen molar-refractivity contribution in [2.75, 3.05) is 31.1 Å². The number of aromatic amines is 1.